The summed E-state index contributed by atoms with van der Waals surface area (Å²) in [6.07, 6.45) is -2.37. The lowest BCUT2D eigenvalue weighted by Gasteiger charge is -2.05. The third-order valence-corrected chi connectivity index (χ3v) is 2.40. The summed E-state index contributed by atoms with van der Waals surface area (Å²) >= 11 is 7.65. The number of rotatable bonds is 2. The highest BCUT2D eigenvalue weighted by Gasteiger charge is 2.22. The van der Waals surface area contributed by atoms with E-state index in [-0.39, 0.29) is 0 Å². The molecule has 0 atom stereocenters. The minimum absolute atomic E-state index is 0.410. The summed E-state index contributed by atoms with van der Waals surface area (Å²) in [7, 11) is 0. The molecule has 0 unspecified atom stereocenters. The van der Waals surface area contributed by atoms with E-state index in [1.54, 1.807) is 0 Å². The number of hydrogen-bond acceptors (Lipinski definition) is 2. The molecule has 76 valence electrons. The molecule has 0 radical (unpaired) electrons. The molecule has 0 N–H and O–H groups in total. The fourth-order valence-electron chi connectivity index (χ4n) is 0.813. The van der Waals surface area contributed by atoms with Crippen molar-refractivity contribution in [1.29, 1.82) is 0 Å². The smallest absolute Gasteiger partial charge is 0.275 e. The van der Waals surface area contributed by atoms with Gasteiger partial charge in [0.25, 0.3) is 11.7 Å². The Labute approximate surface area is 90.2 Å². The molecule has 0 amide bonds. The molecule has 0 bridgehead atoms. The number of carbonyl (C=O) groups is 1. The largest absolute Gasteiger partial charge is 0.281 e. The molecule has 1 rings (SSSR count). The first-order valence-corrected chi connectivity index (χ1v) is 4.44. The number of aromatic nitrogens is 1. The van der Waals surface area contributed by atoms with Crippen LogP contribution in [0.1, 0.15) is 22.5 Å². The van der Waals surface area contributed by atoms with Gasteiger partial charge in [-0.25, -0.2) is 13.2 Å². The van der Waals surface area contributed by atoms with Gasteiger partial charge in [-0.15, -0.1) is 0 Å². The summed E-state index contributed by atoms with van der Waals surface area (Å²) in [5.41, 5.74) is -1.34. The van der Waals surface area contributed by atoms with E-state index in [9.17, 15) is 18.0 Å². The predicted octanol–water partition coefficient (Wildman–Crippen LogP) is 3.30. The Morgan fingerprint density at radius 1 is 1.57 bits per heavy atom. The Morgan fingerprint density at radius 3 is 2.57 bits per heavy atom. The average Bonchev–Trinajstić information content (AvgIpc) is 2.02. The van der Waals surface area contributed by atoms with E-state index in [0.29, 0.717) is 6.20 Å². The van der Waals surface area contributed by atoms with E-state index in [1.165, 1.54) is 0 Å². The summed E-state index contributed by atoms with van der Waals surface area (Å²) in [6, 6.07) is 0. The minimum atomic E-state index is -2.90. The van der Waals surface area contributed by atoms with Crippen molar-refractivity contribution in [2.45, 2.75) is 6.43 Å². The predicted molar refractivity (Wildman–Crippen MR) is 47.0 cm³/mol. The average molecular weight is 288 g/mol. The van der Waals surface area contributed by atoms with E-state index in [2.05, 4.69) is 20.9 Å². The van der Waals surface area contributed by atoms with Crippen molar-refractivity contribution >= 4 is 32.8 Å². The summed E-state index contributed by atoms with van der Waals surface area (Å²) in [5, 5.41) is -1.15. The van der Waals surface area contributed by atoms with Crippen LogP contribution in [-0.4, -0.2) is 10.2 Å². The van der Waals surface area contributed by atoms with Crippen LogP contribution in [0, 0.1) is 5.82 Å². The molecule has 1 heterocycles. The van der Waals surface area contributed by atoms with Crippen molar-refractivity contribution in [3.05, 3.63) is 27.7 Å². The van der Waals surface area contributed by atoms with E-state index >= 15 is 0 Å². The molecule has 0 aliphatic rings. The topological polar surface area (TPSA) is 30.0 Å². The van der Waals surface area contributed by atoms with E-state index in [0.717, 1.165) is 0 Å². The molecule has 0 saturated carbocycles. The third kappa shape index (κ3) is 2.06. The number of hydrogen-bond donors (Lipinski definition) is 0. The Kier molecular flexibility index (Phi) is 3.49. The molecule has 0 fully saturated rings. The maximum atomic E-state index is 12.9. The van der Waals surface area contributed by atoms with Gasteiger partial charge in [0, 0.05) is 0 Å². The maximum absolute atomic E-state index is 12.9. The number of carbonyl (C=O) groups excluding carboxylic acids is 1. The molecular weight excluding hydrogens is 286 g/mol. The number of halogens is 5. The van der Waals surface area contributed by atoms with E-state index in [1.807, 2.05) is 0 Å². The first-order valence-electron chi connectivity index (χ1n) is 3.27. The SMILES string of the molecule is O=C(Cl)c1c(F)cnc(C(F)F)c1Br. The number of alkyl halides is 2. The van der Waals surface area contributed by atoms with Gasteiger partial charge in [0.2, 0.25) is 0 Å². The Hall–Kier alpha value is -0.620. The molecule has 14 heavy (non-hydrogen) atoms. The lowest BCUT2D eigenvalue weighted by atomic mass is 10.2. The lowest BCUT2D eigenvalue weighted by molar-refractivity contribution is 0.107. The van der Waals surface area contributed by atoms with Gasteiger partial charge in [0.15, 0.2) is 5.82 Å². The zero-order valence-electron chi connectivity index (χ0n) is 6.40. The number of pyridine rings is 1. The van der Waals surface area contributed by atoms with Crippen molar-refractivity contribution in [2.75, 3.05) is 0 Å². The molecule has 7 heteroatoms. The molecule has 2 nitrogen and oxygen atoms in total. The molecule has 1 aromatic heterocycles. The van der Waals surface area contributed by atoms with Crippen LogP contribution >= 0.6 is 27.5 Å². The highest BCUT2D eigenvalue weighted by Crippen LogP contribution is 2.30. The molecule has 0 aliphatic heterocycles. The van der Waals surface area contributed by atoms with Gasteiger partial charge in [0.05, 0.1) is 16.2 Å². The second-order valence-corrected chi connectivity index (χ2v) is 3.39. The minimum Gasteiger partial charge on any atom is -0.275 e. The summed E-state index contributed by atoms with van der Waals surface area (Å²) < 4.78 is 37.0. The van der Waals surface area contributed by atoms with Crippen molar-refractivity contribution < 1.29 is 18.0 Å². The van der Waals surface area contributed by atoms with Gasteiger partial charge < -0.3 is 0 Å². The van der Waals surface area contributed by atoms with Crippen molar-refractivity contribution in [1.82, 2.24) is 4.98 Å². The molecule has 0 aromatic carbocycles. The molecule has 0 saturated heterocycles. The van der Waals surface area contributed by atoms with Crippen LogP contribution in [-0.2, 0) is 0 Å². The Morgan fingerprint density at radius 2 is 2.14 bits per heavy atom. The fraction of sp³-hybridized carbons (Fsp3) is 0.143. The zero-order valence-corrected chi connectivity index (χ0v) is 8.74. The first-order chi connectivity index (χ1) is 6.45. The van der Waals surface area contributed by atoms with Crippen LogP contribution in [0.4, 0.5) is 13.2 Å². The van der Waals surface area contributed by atoms with Crippen LogP contribution in [0.2, 0.25) is 0 Å². The number of nitrogens with zero attached hydrogens (tertiary/aromatic N) is 1. The summed E-state index contributed by atoms with van der Waals surface area (Å²) in [4.78, 5) is 13.8. The maximum Gasteiger partial charge on any atom is 0.281 e. The van der Waals surface area contributed by atoms with Gasteiger partial charge in [-0.1, -0.05) is 0 Å². The van der Waals surface area contributed by atoms with Crippen molar-refractivity contribution in [2.24, 2.45) is 0 Å². The van der Waals surface area contributed by atoms with Gasteiger partial charge in [-0.3, -0.25) is 9.78 Å². The fourth-order valence-corrected chi connectivity index (χ4v) is 1.76. The van der Waals surface area contributed by atoms with Crippen LogP contribution in [0.15, 0.2) is 10.7 Å². The summed E-state index contributed by atoms with van der Waals surface area (Å²) in [5.74, 6) is -1.04. The lowest BCUT2D eigenvalue weighted by Crippen LogP contribution is -2.03. The van der Waals surface area contributed by atoms with E-state index < -0.39 is 33.2 Å². The van der Waals surface area contributed by atoms with Crippen molar-refractivity contribution in [3.8, 4) is 0 Å². The first kappa shape index (κ1) is 11.5. The molecule has 0 spiro atoms. The standard InChI is InChI=1S/C7H2BrClF3NO/c8-4-3(6(9)14)2(10)1-13-5(4)7(11)12/h1,7H. The van der Waals surface area contributed by atoms with Crippen LogP contribution in [0.3, 0.4) is 0 Å². The highest BCUT2D eigenvalue weighted by atomic mass is 79.9. The van der Waals surface area contributed by atoms with Gasteiger partial charge in [-0.2, -0.15) is 0 Å². The molecule has 1 aromatic rings. The Bertz CT molecular complexity index is 385. The second-order valence-electron chi connectivity index (χ2n) is 2.25. The van der Waals surface area contributed by atoms with Crippen molar-refractivity contribution in [3.63, 3.8) is 0 Å². The van der Waals surface area contributed by atoms with Crippen LogP contribution in [0.5, 0.6) is 0 Å². The quantitative estimate of drug-likeness (QED) is 0.782. The summed E-state index contributed by atoms with van der Waals surface area (Å²) in [6.45, 7) is 0. The molecule has 0 aliphatic carbocycles. The molecular formula is C7H2BrClF3NO. The zero-order chi connectivity index (χ0) is 10.9. The van der Waals surface area contributed by atoms with Gasteiger partial charge >= 0.3 is 0 Å². The normalized spacial score (nSPS) is 10.7. The second kappa shape index (κ2) is 4.27. The highest BCUT2D eigenvalue weighted by molar-refractivity contribution is 9.10. The van der Waals surface area contributed by atoms with E-state index in [4.69, 9.17) is 11.6 Å². The van der Waals surface area contributed by atoms with Gasteiger partial charge in [-0.05, 0) is 27.5 Å². The van der Waals surface area contributed by atoms with Crippen LogP contribution in [0.25, 0.3) is 0 Å². The third-order valence-electron chi connectivity index (χ3n) is 1.40. The monoisotopic (exact) mass is 287 g/mol. The van der Waals surface area contributed by atoms with Gasteiger partial charge in [0.1, 0.15) is 5.69 Å². The van der Waals surface area contributed by atoms with Crippen LogP contribution < -0.4 is 0 Å². The Balaban J connectivity index is 3.41.